The highest BCUT2D eigenvalue weighted by atomic mass is 32.2. The van der Waals surface area contributed by atoms with Gasteiger partial charge in [0.1, 0.15) is 5.75 Å². The Balaban J connectivity index is 1.41. The smallest absolute Gasteiger partial charge is 0.243 e. The number of benzene rings is 2. The van der Waals surface area contributed by atoms with Gasteiger partial charge in [0, 0.05) is 31.7 Å². The lowest BCUT2D eigenvalue weighted by molar-refractivity contribution is 0.340. The molecule has 1 aliphatic heterocycles. The van der Waals surface area contributed by atoms with Gasteiger partial charge in [0.25, 0.3) is 0 Å². The molecule has 3 aromatic rings. The molecule has 8 nitrogen and oxygen atoms in total. The lowest BCUT2D eigenvalue weighted by Gasteiger charge is -2.34. The van der Waals surface area contributed by atoms with Crippen LogP contribution in [0.2, 0.25) is 0 Å². The molecule has 2 aromatic carbocycles. The third kappa shape index (κ3) is 4.91. The SMILES string of the molecule is CCOc1ccc(-c2ccc(N3CCN(S(=O)(=O)c4ccc(OC)c(F)c4)CC3)nn2)cc1. The Morgan fingerprint density at radius 3 is 2.27 bits per heavy atom. The first-order valence-corrected chi connectivity index (χ1v) is 12.0. The van der Waals surface area contributed by atoms with Gasteiger partial charge in [0.05, 0.1) is 24.3 Å². The molecule has 0 amide bonds. The Labute approximate surface area is 192 Å². The molecule has 0 aliphatic carbocycles. The summed E-state index contributed by atoms with van der Waals surface area (Å²) in [6, 6.07) is 15.1. The van der Waals surface area contributed by atoms with E-state index in [1.165, 1.54) is 23.5 Å². The number of piperazine rings is 1. The van der Waals surface area contributed by atoms with Crippen LogP contribution in [0.15, 0.2) is 59.5 Å². The first kappa shape index (κ1) is 22.9. The van der Waals surface area contributed by atoms with Crippen LogP contribution in [-0.2, 0) is 10.0 Å². The van der Waals surface area contributed by atoms with Crippen LogP contribution in [0, 0.1) is 5.82 Å². The lowest BCUT2D eigenvalue weighted by atomic mass is 10.1. The number of aromatic nitrogens is 2. The standard InChI is InChI=1S/C23H25FN4O4S/c1-3-32-18-6-4-17(5-7-18)21-9-11-23(26-25-21)27-12-14-28(15-13-27)33(29,30)19-8-10-22(31-2)20(24)16-19/h4-11,16H,3,12-15H2,1-2H3. The monoisotopic (exact) mass is 472 g/mol. The molecule has 0 bridgehead atoms. The van der Waals surface area contributed by atoms with Crippen molar-refractivity contribution in [2.75, 3.05) is 44.8 Å². The Bertz CT molecular complexity index is 1200. The van der Waals surface area contributed by atoms with Gasteiger partial charge in [-0.25, -0.2) is 12.8 Å². The minimum absolute atomic E-state index is 0.00558. The molecule has 10 heteroatoms. The molecule has 0 saturated carbocycles. The fraction of sp³-hybridized carbons (Fsp3) is 0.304. The number of ether oxygens (including phenoxy) is 2. The second-order valence-electron chi connectivity index (χ2n) is 7.42. The van der Waals surface area contributed by atoms with E-state index in [1.807, 2.05) is 48.2 Å². The van der Waals surface area contributed by atoms with E-state index in [1.54, 1.807) is 0 Å². The van der Waals surface area contributed by atoms with Crippen molar-refractivity contribution >= 4 is 15.8 Å². The van der Waals surface area contributed by atoms with E-state index < -0.39 is 15.8 Å². The minimum Gasteiger partial charge on any atom is -0.494 e. The highest BCUT2D eigenvalue weighted by Gasteiger charge is 2.29. The van der Waals surface area contributed by atoms with Crippen molar-refractivity contribution in [3.63, 3.8) is 0 Å². The van der Waals surface area contributed by atoms with Crippen molar-refractivity contribution in [3.05, 3.63) is 60.4 Å². The van der Waals surface area contributed by atoms with Crippen LogP contribution in [0.3, 0.4) is 0 Å². The summed E-state index contributed by atoms with van der Waals surface area (Å²) in [5.74, 6) is 0.777. The molecular formula is C23H25FN4O4S. The zero-order valence-corrected chi connectivity index (χ0v) is 19.3. The molecule has 4 rings (SSSR count). The summed E-state index contributed by atoms with van der Waals surface area (Å²) >= 11 is 0. The van der Waals surface area contributed by atoms with Gasteiger partial charge in [0.2, 0.25) is 10.0 Å². The van der Waals surface area contributed by atoms with Gasteiger partial charge < -0.3 is 14.4 Å². The van der Waals surface area contributed by atoms with Crippen LogP contribution >= 0.6 is 0 Å². The number of anilines is 1. The highest BCUT2D eigenvalue weighted by molar-refractivity contribution is 7.89. The number of methoxy groups -OCH3 is 1. The molecule has 0 unspecified atom stereocenters. The molecule has 1 fully saturated rings. The maximum atomic E-state index is 14.0. The fourth-order valence-electron chi connectivity index (χ4n) is 3.65. The topological polar surface area (TPSA) is 84.9 Å². The number of hydrogen-bond donors (Lipinski definition) is 0. The second-order valence-corrected chi connectivity index (χ2v) is 9.36. The molecule has 1 aromatic heterocycles. The predicted octanol–water partition coefficient (Wildman–Crippen LogP) is 3.20. The van der Waals surface area contributed by atoms with E-state index in [4.69, 9.17) is 9.47 Å². The molecule has 0 spiro atoms. The summed E-state index contributed by atoms with van der Waals surface area (Å²) in [5.41, 5.74) is 1.67. The highest BCUT2D eigenvalue weighted by Crippen LogP contribution is 2.25. The molecule has 0 atom stereocenters. The van der Waals surface area contributed by atoms with Crippen molar-refractivity contribution in [1.29, 1.82) is 0 Å². The number of sulfonamides is 1. The predicted molar refractivity (Wildman–Crippen MR) is 123 cm³/mol. The lowest BCUT2D eigenvalue weighted by Crippen LogP contribution is -2.49. The second kappa shape index (κ2) is 9.72. The molecule has 1 saturated heterocycles. The number of rotatable bonds is 7. The minimum atomic E-state index is -3.80. The van der Waals surface area contributed by atoms with E-state index >= 15 is 0 Å². The van der Waals surface area contributed by atoms with E-state index in [0.717, 1.165) is 23.1 Å². The third-order valence-electron chi connectivity index (χ3n) is 5.44. The van der Waals surface area contributed by atoms with Crippen molar-refractivity contribution in [1.82, 2.24) is 14.5 Å². The maximum absolute atomic E-state index is 14.0. The summed E-state index contributed by atoms with van der Waals surface area (Å²) in [6.45, 7) is 3.98. The van der Waals surface area contributed by atoms with Crippen molar-refractivity contribution in [2.45, 2.75) is 11.8 Å². The van der Waals surface area contributed by atoms with Gasteiger partial charge in [-0.3, -0.25) is 0 Å². The zero-order valence-electron chi connectivity index (χ0n) is 18.4. The third-order valence-corrected chi connectivity index (χ3v) is 7.33. The van der Waals surface area contributed by atoms with E-state index in [9.17, 15) is 12.8 Å². The number of nitrogens with zero attached hydrogens (tertiary/aromatic N) is 4. The van der Waals surface area contributed by atoms with Gasteiger partial charge in [-0.2, -0.15) is 4.31 Å². The summed E-state index contributed by atoms with van der Waals surface area (Å²) in [6.07, 6.45) is 0. The van der Waals surface area contributed by atoms with Crippen LogP contribution in [0.5, 0.6) is 11.5 Å². The maximum Gasteiger partial charge on any atom is 0.243 e. The van der Waals surface area contributed by atoms with Crippen LogP contribution in [0.1, 0.15) is 6.92 Å². The Morgan fingerprint density at radius 1 is 0.970 bits per heavy atom. The Kier molecular flexibility index (Phi) is 6.75. The average molecular weight is 473 g/mol. The van der Waals surface area contributed by atoms with E-state index in [0.29, 0.717) is 25.5 Å². The van der Waals surface area contributed by atoms with Crippen LogP contribution in [0.25, 0.3) is 11.3 Å². The molecule has 33 heavy (non-hydrogen) atoms. The first-order chi connectivity index (χ1) is 15.9. The largest absolute Gasteiger partial charge is 0.494 e. The van der Waals surface area contributed by atoms with Gasteiger partial charge in [-0.05, 0) is 61.5 Å². The summed E-state index contributed by atoms with van der Waals surface area (Å²) in [5, 5.41) is 8.65. The van der Waals surface area contributed by atoms with Gasteiger partial charge >= 0.3 is 0 Å². The molecule has 174 valence electrons. The molecular weight excluding hydrogens is 447 g/mol. The van der Waals surface area contributed by atoms with Gasteiger partial charge in [-0.1, -0.05) is 0 Å². The van der Waals surface area contributed by atoms with Crippen LogP contribution in [-0.4, -0.2) is 62.8 Å². The molecule has 1 aliphatic rings. The fourth-order valence-corrected chi connectivity index (χ4v) is 5.09. The van der Waals surface area contributed by atoms with Crippen molar-refractivity contribution < 1.29 is 22.3 Å². The Morgan fingerprint density at radius 2 is 1.70 bits per heavy atom. The Hall–Kier alpha value is -3.24. The summed E-state index contributed by atoms with van der Waals surface area (Å²) in [4.78, 5) is 1.89. The first-order valence-electron chi connectivity index (χ1n) is 10.6. The van der Waals surface area contributed by atoms with Gasteiger partial charge in [0.15, 0.2) is 17.4 Å². The molecule has 0 radical (unpaired) electrons. The molecule has 2 heterocycles. The van der Waals surface area contributed by atoms with Gasteiger partial charge in [-0.15, -0.1) is 10.2 Å². The average Bonchev–Trinajstić information content (AvgIpc) is 2.85. The van der Waals surface area contributed by atoms with Crippen molar-refractivity contribution in [3.8, 4) is 22.8 Å². The number of halogens is 1. The zero-order chi connectivity index (χ0) is 23.4. The van der Waals surface area contributed by atoms with Crippen molar-refractivity contribution in [2.24, 2.45) is 0 Å². The quantitative estimate of drug-likeness (QED) is 0.522. The van der Waals surface area contributed by atoms with Crippen LogP contribution < -0.4 is 14.4 Å². The number of hydrogen-bond acceptors (Lipinski definition) is 7. The van der Waals surface area contributed by atoms with E-state index in [-0.39, 0.29) is 23.7 Å². The summed E-state index contributed by atoms with van der Waals surface area (Å²) < 4.78 is 51.5. The molecule has 0 N–H and O–H groups in total. The normalized spacial score (nSPS) is 14.8. The van der Waals surface area contributed by atoms with Crippen LogP contribution in [0.4, 0.5) is 10.2 Å². The summed E-state index contributed by atoms with van der Waals surface area (Å²) in [7, 11) is -2.47. The van der Waals surface area contributed by atoms with E-state index in [2.05, 4.69) is 10.2 Å².